The molecule has 8 heteroatoms. The first-order chi connectivity index (χ1) is 11.8. The molecule has 0 unspecified atom stereocenters. The second-order valence-electron chi connectivity index (χ2n) is 5.99. The Morgan fingerprint density at radius 1 is 1.28 bits per heavy atom. The lowest BCUT2D eigenvalue weighted by molar-refractivity contribution is -0.137. The monoisotopic (exact) mass is 353 g/mol. The quantitative estimate of drug-likeness (QED) is 0.842. The van der Waals surface area contributed by atoms with E-state index in [1.54, 1.807) is 4.68 Å². The van der Waals surface area contributed by atoms with Crippen molar-refractivity contribution in [2.24, 2.45) is 5.16 Å². The van der Waals surface area contributed by atoms with Gasteiger partial charge in [0.05, 0.1) is 30.6 Å². The van der Waals surface area contributed by atoms with Gasteiger partial charge < -0.3 is 9.57 Å². The minimum atomic E-state index is -4.47. The fourth-order valence-corrected chi connectivity index (χ4v) is 2.87. The van der Waals surface area contributed by atoms with Crippen molar-refractivity contribution >= 4 is 5.71 Å². The summed E-state index contributed by atoms with van der Waals surface area (Å²) in [5.74, 6) is 0.340. The molecule has 134 valence electrons. The van der Waals surface area contributed by atoms with Gasteiger partial charge in [-0.05, 0) is 38.1 Å². The first-order valence-electron chi connectivity index (χ1n) is 7.77. The molecule has 1 aliphatic rings. The topological polar surface area (TPSA) is 48.6 Å². The summed E-state index contributed by atoms with van der Waals surface area (Å²) >= 11 is 0. The minimum Gasteiger partial charge on any atom is -0.497 e. The van der Waals surface area contributed by atoms with Crippen molar-refractivity contribution in [2.75, 3.05) is 7.11 Å². The molecule has 2 heterocycles. The third kappa shape index (κ3) is 3.62. The number of halogens is 3. The van der Waals surface area contributed by atoms with Crippen molar-refractivity contribution in [1.82, 2.24) is 9.78 Å². The Kier molecular flexibility index (Phi) is 4.45. The fourth-order valence-electron chi connectivity index (χ4n) is 2.87. The highest BCUT2D eigenvalue weighted by atomic mass is 19.4. The minimum absolute atomic E-state index is 0.0114. The number of hydrogen-bond donors (Lipinski definition) is 0. The van der Waals surface area contributed by atoms with Crippen molar-refractivity contribution in [1.29, 1.82) is 0 Å². The van der Waals surface area contributed by atoms with Crippen molar-refractivity contribution in [3.05, 3.63) is 46.8 Å². The normalized spacial score (nSPS) is 17.4. The maximum absolute atomic E-state index is 13.3. The summed E-state index contributed by atoms with van der Waals surface area (Å²) in [4.78, 5) is 5.35. The van der Waals surface area contributed by atoms with Gasteiger partial charge in [0.15, 0.2) is 6.10 Å². The average Bonchev–Trinajstić information content (AvgIpc) is 3.13. The molecule has 0 fully saturated rings. The Labute approximate surface area is 143 Å². The maximum atomic E-state index is 13.3. The molecule has 0 bridgehead atoms. The molecule has 25 heavy (non-hydrogen) atoms. The molecule has 1 aliphatic heterocycles. The lowest BCUT2D eigenvalue weighted by atomic mass is 9.98. The summed E-state index contributed by atoms with van der Waals surface area (Å²) < 4.78 is 46.7. The second kappa shape index (κ2) is 6.42. The molecule has 0 spiro atoms. The van der Waals surface area contributed by atoms with E-state index in [1.165, 1.54) is 19.2 Å². The van der Waals surface area contributed by atoms with Gasteiger partial charge in [0.25, 0.3) is 0 Å². The van der Waals surface area contributed by atoms with Crippen LogP contribution in [0.3, 0.4) is 0 Å². The van der Waals surface area contributed by atoms with Gasteiger partial charge in [-0.25, -0.2) is 0 Å². The first kappa shape index (κ1) is 17.3. The smallest absolute Gasteiger partial charge is 0.417 e. The number of alkyl halides is 3. The van der Waals surface area contributed by atoms with E-state index in [-0.39, 0.29) is 23.8 Å². The number of hydrogen-bond acceptors (Lipinski definition) is 4. The standard InChI is InChI=1S/C17H18F3N3O2/c1-10-6-11(2)23(21-10)9-13-8-16(22-25-13)14-7-12(24-3)4-5-15(14)17(18,19)20/h4-7,13H,8-9H2,1-3H3/t13-/m1/s1. The van der Waals surface area contributed by atoms with Gasteiger partial charge in [0.2, 0.25) is 0 Å². The molecule has 1 atom stereocenters. The molecule has 0 N–H and O–H groups in total. The van der Waals surface area contributed by atoms with Gasteiger partial charge >= 0.3 is 6.18 Å². The van der Waals surface area contributed by atoms with E-state index in [1.807, 2.05) is 19.9 Å². The lowest BCUT2D eigenvalue weighted by Crippen LogP contribution is -2.20. The van der Waals surface area contributed by atoms with E-state index in [0.717, 1.165) is 17.5 Å². The Balaban J connectivity index is 1.82. The number of aryl methyl sites for hydroxylation is 2. The van der Waals surface area contributed by atoms with Crippen LogP contribution in [0.1, 0.15) is 28.9 Å². The number of nitrogens with zero attached hydrogens (tertiary/aromatic N) is 3. The number of methoxy groups -OCH3 is 1. The first-order valence-corrected chi connectivity index (χ1v) is 7.77. The predicted octanol–water partition coefficient (Wildman–Crippen LogP) is 3.72. The summed E-state index contributed by atoms with van der Waals surface area (Å²) in [7, 11) is 1.41. The molecular weight excluding hydrogens is 335 g/mol. The van der Waals surface area contributed by atoms with E-state index in [2.05, 4.69) is 10.3 Å². The number of oxime groups is 1. The summed E-state index contributed by atoms with van der Waals surface area (Å²) in [6.45, 7) is 4.23. The van der Waals surface area contributed by atoms with Gasteiger partial charge in [-0.2, -0.15) is 18.3 Å². The molecule has 3 rings (SSSR count). The zero-order chi connectivity index (χ0) is 18.2. The van der Waals surface area contributed by atoms with Gasteiger partial charge in [0.1, 0.15) is 5.75 Å². The Hall–Kier alpha value is -2.51. The van der Waals surface area contributed by atoms with Crippen LogP contribution >= 0.6 is 0 Å². The number of rotatable bonds is 4. The van der Waals surface area contributed by atoms with Crippen LogP contribution in [0.25, 0.3) is 0 Å². The summed E-state index contributed by atoms with van der Waals surface area (Å²) in [6.07, 6.45) is -4.56. The van der Waals surface area contributed by atoms with Crippen LogP contribution in [-0.2, 0) is 17.6 Å². The highest BCUT2D eigenvalue weighted by Crippen LogP contribution is 2.35. The highest BCUT2D eigenvalue weighted by Gasteiger charge is 2.36. The van der Waals surface area contributed by atoms with Crippen molar-refractivity contribution < 1.29 is 22.7 Å². The number of ether oxygens (including phenoxy) is 1. The second-order valence-corrected chi connectivity index (χ2v) is 5.99. The molecule has 5 nitrogen and oxygen atoms in total. The Morgan fingerprint density at radius 3 is 2.64 bits per heavy atom. The van der Waals surface area contributed by atoms with Gasteiger partial charge in [-0.1, -0.05) is 5.16 Å². The summed E-state index contributed by atoms with van der Waals surface area (Å²) in [5, 5.41) is 8.23. The molecule has 0 radical (unpaired) electrons. The zero-order valence-corrected chi connectivity index (χ0v) is 14.1. The molecule has 1 aromatic carbocycles. The third-order valence-corrected chi connectivity index (χ3v) is 4.06. The molecule has 0 saturated carbocycles. The molecule has 0 aliphatic carbocycles. The summed E-state index contributed by atoms with van der Waals surface area (Å²) in [6, 6.07) is 5.57. The number of aromatic nitrogens is 2. The van der Waals surface area contributed by atoms with Crippen molar-refractivity contribution in [3.8, 4) is 5.75 Å². The maximum Gasteiger partial charge on any atom is 0.417 e. The number of benzene rings is 1. The SMILES string of the molecule is COc1ccc(C(F)(F)F)c(C2=NO[C@@H](Cn3nc(C)cc3C)C2)c1. The van der Waals surface area contributed by atoms with E-state index in [0.29, 0.717) is 12.3 Å². The van der Waals surface area contributed by atoms with Crippen molar-refractivity contribution in [2.45, 2.75) is 39.1 Å². The third-order valence-electron chi connectivity index (χ3n) is 4.06. The van der Waals surface area contributed by atoms with E-state index in [9.17, 15) is 13.2 Å². The van der Waals surface area contributed by atoms with E-state index >= 15 is 0 Å². The van der Waals surface area contributed by atoms with Crippen LogP contribution in [0.4, 0.5) is 13.2 Å². The molecular formula is C17H18F3N3O2. The Morgan fingerprint density at radius 2 is 2.04 bits per heavy atom. The summed E-state index contributed by atoms with van der Waals surface area (Å²) in [5.41, 5.74) is 1.35. The van der Waals surface area contributed by atoms with Crippen LogP contribution < -0.4 is 4.74 Å². The van der Waals surface area contributed by atoms with Gasteiger partial charge in [0, 0.05) is 17.7 Å². The molecule has 1 aromatic heterocycles. The molecule has 0 amide bonds. The lowest BCUT2D eigenvalue weighted by Gasteiger charge is -2.14. The van der Waals surface area contributed by atoms with E-state index < -0.39 is 11.7 Å². The van der Waals surface area contributed by atoms with E-state index in [4.69, 9.17) is 9.57 Å². The van der Waals surface area contributed by atoms with Crippen LogP contribution in [0.15, 0.2) is 29.4 Å². The van der Waals surface area contributed by atoms with Gasteiger partial charge in [-0.3, -0.25) is 4.68 Å². The zero-order valence-electron chi connectivity index (χ0n) is 14.1. The fraction of sp³-hybridized carbons (Fsp3) is 0.412. The van der Waals surface area contributed by atoms with Crippen LogP contribution in [-0.4, -0.2) is 28.7 Å². The molecule has 0 saturated heterocycles. The van der Waals surface area contributed by atoms with Gasteiger partial charge in [-0.15, -0.1) is 0 Å². The van der Waals surface area contributed by atoms with Crippen LogP contribution in [0.5, 0.6) is 5.75 Å². The highest BCUT2D eigenvalue weighted by molar-refractivity contribution is 6.03. The van der Waals surface area contributed by atoms with Crippen LogP contribution in [0.2, 0.25) is 0 Å². The van der Waals surface area contributed by atoms with Crippen molar-refractivity contribution in [3.63, 3.8) is 0 Å². The largest absolute Gasteiger partial charge is 0.497 e. The van der Waals surface area contributed by atoms with Crippen LogP contribution in [0, 0.1) is 13.8 Å². The Bertz CT molecular complexity index is 812. The average molecular weight is 353 g/mol. The molecule has 2 aromatic rings. The predicted molar refractivity (Wildman–Crippen MR) is 85.7 cm³/mol.